The zero-order chi connectivity index (χ0) is 12.3. The minimum absolute atomic E-state index is 0.0385. The third-order valence-corrected chi connectivity index (χ3v) is 3.67. The van der Waals surface area contributed by atoms with Crippen molar-refractivity contribution in [3.8, 4) is 0 Å². The fourth-order valence-electron chi connectivity index (χ4n) is 2.54. The van der Waals surface area contributed by atoms with E-state index in [1.807, 2.05) is 4.90 Å². The van der Waals surface area contributed by atoms with Crippen LogP contribution in [0, 0.1) is 5.41 Å². The molecule has 1 saturated carbocycles. The Morgan fingerprint density at radius 2 is 2.00 bits per heavy atom. The Hall–Kier alpha value is -1.06. The predicted octanol–water partition coefficient (Wildman–Crippen LogP) is 2.88. The molecule has 0 aromatic rings. The van der Waals surface area contributed by atoms with E-state index in [9.17, 15) is 4.79 Å². The number of hydrogen-bond donors (Lipinski definition) is 2. The molecule has 2 aliphatic rings. The Bertz CT molecular complexity index is 299. The van der Waals surface area contributed by atoms with E-state index < -0.39 is 0 Å². The van der Waals surface area contributed by atoms with Crippen molar-refractivity contribution in [1.82, 2.24) is 10.2 Å². The van der Waals surface area contributed by atoms with E-state index in [1.165, 1.54) is 25.7 Å². The molecule has 1 unspecified atom stereocenters. The number of carbonyl (C=O) groups excluding carboxylic acids is 1. The van der Waals surface area contributed by atoms with Gasteiger partial charge >= 0.3 is 6.03 Å². The number of amides is 2. The summed E-state index contributed by atoms with van der Waals surface area (Å²) in [6.07, 6.45) is 9.38. The minimum atomic E-state index is -0.0453. The first kappa shape index (κ1) is 12.4. The van der Waals surface area contributed by atoms with Crippen LogP contribution in [0.25, 0.3) is 0 Å². The topological polar surface area (TPSA) is 56.2 Å². The maximum Gasteiger partial charge on any atom is 0.323 e. The molecule has 1 atom stereocenters. The third-order valence-electron chi connectivity index (χ3n) is 3.67. The lowest BCUT2D eigenvalue weighted by atomic mass is 10.1. The van der Waals surface area contributed by atoms with Crippen LogP contribution in [0.2, 0.25) is 0 Å². The van der Waals surface area contributed by atoms with Crippen LogP contribution < -0.4 is 5.32 Å². The van der Waals surface area contributed by atoms with Crippen molar-refractivity contribution in [3.05, 3.63) is 0 Å². The molecule has 1 saturated heterocycles. The van der Waals surface area contributed by atoms with E-state index in [2.05, 4.69) is 12.2 Å². The van der Waals surface area contributed by atoms with Gasteiger partial charge in [0.25, 0.3) is 0 Å². The maximum absolute atomic E-state index is 11.7. The van der Waals surface area contributed by atoms with Gasteiger partial charge in [-0.05, 0) is 19.3 Å². The Labute approximate surface area is 103 Å². The summed E-state index contributed by atoms with van der Waals surface area (Å²) < 4.78 is 0. The van der Waals surface area contributed by atoms with Gasteiger partial charge in [-0.15, -0.1) is 0 Å². The highest BCUT2D eigenvalue weighted by atomic mass is 16.2. The second kappa shape index (κ2) is 5.52. The number of hydrogen-bond acceptors (Lipinski definition) is 2. The quantitative estimate of drug-likeness (QED) is 0.657. The van der Waals surface area contributed by atoms with Crippen molar-refractivity contribution < 1.29 is 4.79 Å². The molecule has 1 heterocycles. The third kappa shape index (κ3) is 2.99. The van der Waals surface area contributed by atoms with Crippen LogP contribution >= 0.6 is 0 Å². The normalized spacial score (nSPS) is 24.3. The number of amidine groups is 1. The number of nitrogens with one attached hydrogen (secondary N) is 2. The molecule has 0 spiro atoms. The Kier molecular flexibility index (Phi) is 4.02. The van der Waals surface area contributed by atoms with Crippen molar-refractivity contribution in [2.75, 3.05) is 0 Å². The fourth-order valence-corrected chi connectivity index (χ4v) is 2.54. The lowest BCUT2D eigenvalue weighted by Gasteiger charge is -2.22. The molecule has 2 N–H and O–H groups in total. The molecule has 2 rings (SSSR count). The average Bonchev–Trinajstić information content (AvgIpc) is 3.07. The molecule has 2 fully saturated rings. The van der Waals surface area contributed by atoms with Crippen LogP contribution in [0.15, 0.2) is 0 Å². The Morgan fingerprint density at radius 3 is 2.65 bits per heavy atom. The van der Waals surface area contributed by atoms with Crippen molar-refractivity contribution in [2.45, 2.75) is 70.4 Å². The lowest BCUT2D eigenvalue weighted by Crippen LogP contribution is -2.36. The average molecular weight is 237 g/mol. The first-order valence-corrected chi connectivity index (χ1v) is 6.91. The van der Waals surface area contributed by atoms with Gasteiger partial charge in [0.15, 0.2) is 0 Å². The second-order valence-electron chi connectivity index (χ2n) is 5.20. The standard InChI is InChI=1S/C13H23N3O/c1-2-3-4-5-6-7-11-12(14)15-13(17)16(11)10-8-9-10/h10-11H,2-9H2,1H3,(H2,14,15,17). The molecule has 1 aliphatic carbocycles. The van der Waals surface area contributed by atoms with E-state index in [0.717, 1.165) is 25.7 Å². The lowest BCUT2D eigenvalue weighted by molar-refractivity contribution is 0.199. The molecule has 96 valence electrons. The summed E-state index contributed by atoms with van der Waals surface area (Å²) in [6.45, 7) is 2.21. The summed E-state index contributed by atoms with van der Waals surface area (Å²) in [6, 6.07) is 0.408. The number of urea groups is 1. The van der Waals surface area contributed by atoms with Crippen molar-refractivity contribution in [2.24, 2.45) is 0 Å². The van der Waals surface area contributed by atoms with Gasteiger partial charge < -0.3 is 4.90 Å². The molecule has 0 radical (unpaired) electrons. The summed E-state index contributed by atoms with van der Waals surface area (Å²) in [4.78, 5) is 13.6. The van der Waals surface area contributed by atoms with Gasteiger partial charge in [-0.3, -0.25) is 10.7 Å². The molecule has 2 amide bonds. The Morgan fingerprint density at radius 1 is 1.29 bits per heavy atom. The zero-order valence-electron chi connectivity index (χ0n) is 10.7. The van der Waals surface area contributed by atoms with Crippen LogP contribution in [0.4, 0.5) is 4.79 Å². The molecular formula is C13H23N3O. The highest BCUT2D eigenvalue weighted by molar-refractivity contribution is 6.05. The van der Waals surface area contributed by atoms with Crippen molar-refractivity contribution in [1.29, 1.82) is 5.41 Å². The fraction of sp³-hybridized carbons (Fsp3) is 0.846. The molecular weight excluding hydrogens is 214 g/mol. The molecule has 4 heteroatoms. The first-order chi connectivity index (χ1) is 8.24. The minimum Gasteiger partial charge on any atom is -0.311 e. The summed E-state index contributed by atoms with van der Waals surface area (Å²) in [5, 5.41) is 10.5. The smallest absolute Gasteiger partial charge is 0.311 e. The van der Waals surface area contributed by atoms with Crippen LogP contribution in [0.3, 0.4) is 0 Å². The van der Waals surface area contributed by atoms with Crippen LogP contribution in [-0.2, 0) is 0 Å². The Balaban J connectivity index is 1.77. The number of nitrogens with zero attached hydrogens (tertiary/aromatic N) is 1. The van der Waals surface area contributed by atoms with Crippen molar-refractivity contribution >= 4 is 11.9 Å². The summed E-state index contributed by atoms with van der Waals surface area (Å²) in [5.41, 5.74) is 0. The molecule has 0 aromatic heterocycles. The largest absolute Gasteiger partial charge is 0.323 e. The van der Waals surface area contributed by atoms with Crippen molar-refractivity contribution in [3.63, 3.8) is 0 Å². The van der Waals surface area contributed by atoms with E-state index in [1.54, 1.807) is 0 Å². The van der Waals surface area contributed by atoms with Gasteiger partial charge in [-0.2, -0.15) is 0 Å². The molecule has 17 heavy (non-hydrogen) atoms. The molecule has 0 aromatic carbocycles. The SMILES string of the molecule is CCCCCCCC1C(=N)NC(=O)N1C1CC1. The van der Waals surface area contributed by atoms with E-state index in [4.69, 9.17) is 5.41 Å². The zero-order valence-corrected chi connectivity index (χ0v) is 10.7. The highest BCUT2D eigenvalue weighted by Crippen LogP contribution is 2.32. The maximum atomic E-state index is 11.7. The van der Waals surface area contributed by atoms with Gasteiger partial charge in [0.1, 0.15) is 5.84 Å². The molecule has 1 aliphatic heterocycles. The summed E-state index contributed by atoms with van der Waals surface area (Å²) >= 11 is 0. The van der Waals surface area contributed by atoms with Crippen LogP contribution in [0.1, 0.15) is 58.3 Å². The van der Waals surface area contributed by atoms with Gasteiger partial charge in [0, 0.05) is 6.04 Å². The van der Waals surface area contributed by atoms with Crippen LogP contribution in [0.5, 0.6) is 0 Å². The molecule has 0 bridgehead atoms. The summed E-state index contributed by atoms with van der Waals surface area (Å²) in [5.74, 6) is 0.414. The van der Waals surface area contributed by atoms with Gasteiger partial charge in [0.2, 0.25) is 0 Å². The predicted molar refractivity (Wildman–Crippen MR) is 68.3 cm³/mol. The number of unbranched alkanes of at least 4 members (excludes halogenated alkanes) is 4. The van der Waals surface area contributed by atoms with Gasteiger partial charge in [0.05, 0.1) is 6.04 Å². The van der Waals surface area contributed by atoms with E-state index in [-0.39, 0.29) is 12.1 Å². The first-order valence-electron chi connectivity index (χ1n) is 6.91. The number of carbonyl (C=O) groups is 1. The summed E-state index contributed by atoms with van der Waals surface area (Å²) in [7, 11) is 0. The number of rotatable bonds is 7. The van der Waals surface area contributed by atoms with Gasteiger partial charge in [-0.25, -0.2) is 4.79 Å². The highest BCUT2D eigenvalue weighted by Gasteiger charge is 2.43. The monoisotopic (exact) mass is 237 g/mol. The second-order valence-corrected chi connectivity index (χ2v) is 5.20. The van der Waals surface area contributed by atoms with E-state index in [0.29, 0.717) is 11.9 Å². The molecule has 4 nitrogen and oxygen atoms in total. The van der Waals surface area contributed by atoms with Gasteiger partial charge in [-0.1, -0.05) is 39.0 Å². The van der Waals surface area contributed by atoms with Crippen LogP contribution in [-0.4, -0.2) is 28.9 Å². The van der Waals surface area contributed by atoms with E-state index >= 15 is 0 Å².